The van der Waals surface area contributed by atoms with Gasteiger partial charge < -0.3 is 10.6 Å². The van der Waals surface area contributed by atoms with Crippen LogP contribution >= 0.6 is 11.3 Å². The molecule has 1 rings (SSSR count). The van der Waals surface area contributed by atoms with Crippen LogP contribution in [0.5, 0.6) is 0 Å². The molecule has 14 heavy (non-hydrogen) atoms. The molecule has 3 heteroatoms. The van der Waals surface area contributed by atoms with Crippen LogP contribution in [-0.2, 0) is 6.54 Å². The molecule has 2 nitrogen and oxygen atoms in total. The summed E-state index contributed by atoms with van der Waals surface area (Å²) in [5.41, 5.74) is 1.41. The zero-order valence-electron chi connectivity index (χ0n) is 9.48. The van der Waals surface area contributed by atoms with E-state index in [4.69, 9.17) is 0 Å². The molecule has 1 heterocycles. The topological polar surface area (TPSA) is 24.1 Å². The van der Waals surface area contributed by atoms with Gasteiger partial charge in [-0.05, 0) is 39.4 Å². The van der Waals surface area contributed by atoms with E-state index >= 15 is 0 Å². The van der Waals surface area contributed by atoms with Crippen LogP contribution in [0.2, 0.25) is 0 Å². The molecule has 1 aromatic heterocycles. The summed E-state index contributed by atoms with van der Waals surface area (Å²) < 4.78 is 0. The Bertz CT molecular complexity index is 261. The first-order valence-electron chi connectivity index (χ1n) is 5.07. The summed E-state index contributed by atoms with van der Waals surface area (Å²) >= 11 is 1.89. The zero-order chi connectivity index (χ0) is 10.6. The second-order valence-electron chi connectivity index (χ2n) is 3.79. The van der Waals surface area contributed by atoms with Crippen molar-refractivity contribution in [2.45, 2.75) is 33.4 Å². The van der Waals surface area contributed by atoms with E-state index in [9.17, 15) is 0 Å². The molecule has 0 fully saturated rings. The highest BCUT2D eigenvalue weighted by molar-refractivity contribution is 7.12. The molecule has 0 aromatic carbocycles. The Kier molecular flexibility index (Phi) is 4.58. The number of likely N-dealkylation sites (N-methyl/N-ethyl adjacent to an activating group) is 1. The van der Waals surface area contributed by atoms with Gasteiger partial charge in [-0.1, -0.05) is 0 Å². The van der Waals surface area contributed by atoms with Gasteiger partial charge in [-0.3, -0.25) is 0 Å². The van der Waals surface area contributed by atoms with E-state index in [1.807, 2.05) is 18.4 Å². The largest absolute Gasteiger partial charge is 0.318 e. The molecule has 0 saturated carbocycles. The van der Waals surface area contributed by atoms with Crippen LogP contribution in [-0.4, -0.2) is 19.6 Å². The standard InChI is InChI=1S/C11H20N2S/c1-8-5-11(14-10(8)3)7-13-9(2)6-12-4/h5,9,12-13H,6-7H2,1-4H3. The van der Waals surface area contributed by atoms with Gasteiger partial charge in [-0.25, -0.2) is 0 Å². The fraction of sp³-hybridized carbons (Fsp3) is 0.636. The van der Waals surface area contributed by atoms with Crippen molar-refractivity contribution in [3.8, 4) is 0 Å². The molecule has 0 saturated heterocycles. The molecule has 1 aromatic rings. The van der Waals surface area contributed by atoms with Crippen LogP contribution < -0.4 is 10.6 Å². The summed E-state index contributed by atoms with van der Waals surface area (Å²) in [7, 11) is 1.98. The van der Waals surface area contributed by atoms with Crippen LogP contribution in [0.15, 0.2) is 6.07 Å². The molecule has 0 aliphatic carbocycles. The van der Waals surface area contributed by atoms with Crippen molar-refractivity contribution < 1.29 is 0 Å². The van der Waals surface area contributed by atoms with Gasteiger partial charge in [0.05, 0.1) is 0 Å². The van der Waals surface area contributed by atoms with E-state index < -0.39 is 0 Å². The van der Waals surface area contributed by atoms with Gasteiger partial charge in [0.15, 0.2) is 0 Å². The lowest BCUT2D eigenvalue weighted by molar-refractivity contribution is 0.526. The average molecular weight is 212 g/mol. The van der Waals surface area contributed by atoms with E-state index in [2.05, 4.69) is 37.5 Å². The maximum atomic E-state index is 3.49. The van der Waals surface area contributed by atoms with Gasteiger partial charge in [0, 0.05) is 28.9 Å². The molecule has 0 amide bonds. The Labute approximate surface area is 90.7 Å². The number of nitrogens with one attached hydrogen (secondary N) is 2. The first-order chi connectivity index (χ1) is 6.63. The van der Waals surface area contributed by atoms with Gasteiger partial charge in [-0.15, -0.1) is 11.3 Å². The number of aryl methyl sites for hydroxylation is 2. The Morgan fingerprint density at radius 2 is 2.14 bits per heavy atom. The second kappa shape index (κ2) is 5.49. The van der Waals surface area contributed by atoms with Crippen LogP contribution in [0.3, 0.4) is 0 Å². The van der Waals surface area contributed by atoms with Crippen molar-refractivity contribution >= 4 is 11.3 Å². The van der Waals surface area contributed by atoms with Crippen molar-refractivity contribution in [3.63, 3.8) is 0 Å². The molecule has 0 aliphatic rings. The summed E-state index contributed by atoms with van der Waals surface area (Å²) in [5, 5.41) is 6.65. The quantitative estimate of drug-likeness (QED) is 0.781. The molecular weight excluding hydrogens is 192 g/mol. The molecular formula is C11H20N2S. The minimum Gasteiger partial charge on any atom is -0.318 e. The van der Waals surface area contributed by atoms with E-state index in [0.717, 1.165) is 13.1 Å². The number of rotatable bonds is 5. The van der Waals surface area contributed by atoms with E-state index in [-0.39, 0.29) is 0 Å². The normalized spacial score (nSPS) is 13.1. The zero-order valence-corrected chi connectivity index (χ0v) is 10.3. The molecule has 80 valence electrons. The van der Waals surface area contributed by atoms with Gasteiger partial charge in [0.1, 0.15) is 0 Å². The maximum Gasteiger partial charge on any atom is 0.0302 e. The minimum atomic E-state index is 0.530. The molecule has 0 spiro atoms. The third-order valence-electron chi connectivity index (χ3n) is 2.35. The predicted octanol–water partition coefficient (Wildman–Crippen LogP) is 2.06. The van der Waals surface area contributed by atoms with E-state index in [0.29, 0.717) is 6.04 Å². The average Bonchev–Trinajstić information content (AvgIpc) is 2.44. The summed E-state index contributed by atoms with van der Waals surface area (Å²) in [5.74, 6) is 0. The SMILES string of the molecule is CNCC(C)NCc1cc(C)c(C)s1. The molecule has 1 atom stereocenters. The molecule has 1 unspecified atom stereocenters. The van der Waals surface area contributed by atoms with Crippen LogP contribution in [0.25, 0.3) is 0 Å². The van der Waals surface area contributed by atoms with Gasteiger partial charge in [-0.2, -0.15) is 0 Å². The van der Waals surface area contributed by atoms with Crippen molar-refractivity contribution in [2.24, 2.45) is 0 Å². The first kappa shape index (κ1) is 11.7. The third kappa shape index (κ3) is 3.40. The fourth-order valence-electron chi connectivity index (χ4n) is 1.39. The number of hydrogen-bond donors (Lipinski definition) is 2. The lowest BCUT2D eigenvalue weighted by Gasteiger charge is -2.11. The highest BCUT2D eigenvalue weighted by atomic mass is 32.1. The third-order valence-corrected chi connectivity index (χ3v) is 3.50. The van der Waals surface area contributed by atoms with Crippen molar-refractivity contribution in [1.29, 1.82) is 0 Å². The highest BCUT2D eigenvalue weighted by Gasteiger charge is 2.03. The summed E-state index contributed by atoms with van der Waals surface area (Å²) in [6.45, 7) is 8.56. The molecule has 0 radical (unpaired) electrons. The number of hydrogen-bond acceptors (Lipinski definition) is 3. The van der Waals surface area contributed by atoms with E-state index in [1.54, 1.807) is 0 Å². The van der Waals surface area contributed by atoms with Crippen LogP contribution in [0, 0.1) is 13.8 Å². The summed E-state index contributed by atoms with van der Waals surface area (Å²) in [6.07, 6.45) is 0. The minimum absolute atomic E-state index is 0.530. The Balaban J connectivity index is 2.38. The van der Waals surface area contributed by atoms with Gasteiger partial charge in [0.25, 0.3) is 0 Å². The molecule has 0 aliphatic heterocycles. The first-order valence-corrected chi connectivity index (χ1v) is 5.89. The number of thiophene rings is 1. The monoisotopic (exact) mass is 212 g/mol. The Morgan fingerprint density at radius 1 is 1.43 bits per heavy atom. The highest BCUT2D eigenvalue weighted by Crippen LogP contribution is 2.20. The molecule has 0 bridgehead atoms. The van der Waals surface area contributed by atoms with Crippen molar-refractivity contribution in [1.82, 2.24) is 10.6 Å². The lowest BCUT2D eigenvalue weighted by atomic mass is 10.2. The fourth-order valence-corrected chi connectivity index (χ4v) is 2.39. The summed E-state index contributed by atoms with van der Waals surface area (Å²) in [4.78, 5) is 2.87. The lowest BCUT2D eigenvalue weighted by Crippen LogP contribution is -2.34. The smallest absolute Gasteiger partial charge is 0.0302 e. The van der Waals surface area contributed by atoms with Gasteiger partial charge >= 0.3 is 0 Å². The van der Waals surface area contributed by atoms with Crippen LogP contribution in [0.4, 0.5) is 0 Å². The second-order valence-corrected chi connectivity index (χ2v) is 5.13. The van der Waals surface area contributed by atoms with Crippen molar-refractivity contribution in [3.05, 3.63) is 21.4 Å². The Hall–Kier alpha value is -0.380. The summed E-state index contributed by atoms with van der Waals surface area (Å²) in [6, 6.07) is 2.81. The van der Waals surface area contributed by atoms with E-state index in [1.165, 1.54) is 15.3 Å². The van der Waals surface area contributed by atoms with Crippen LogP contribution in [0.1, 0.15) is 22.2 Å². The maximum absolute atomic E-state index is 3.49. The predicted molar refractivity (Wildman–Crippen MR) is 64.0 cm³/mol. The van der Waals surface area contributed by atoms with Gasteiger partial charge in [0.2, 0.25) is 0 Å². The molecule has 2 N–H and O–H groups in total. The Morgan fingerprint density at radius 3 is 2.64 bits per heavy atom. The van der Waals surface area contributed by atoms with Crippen molar-refractivity contribution in [2.75, 3.05) is 13.6 Å².